The second-order valence-corrected chi connectivity index (χ2v) is 9.40. The molecule has 5 rings (SSSR count). The molecule has 5 nitrogen and oxygen atoms in total. The van der Waals surface area contributed by atoms with Gasteiger partial charge in [0.15, 0.2) is 0 Å². The third kappa shape index (κ3) is 5.65. The van der Waals surface area contributed by atoms with Crippen LogP contribution in [0.25, 0.3) is 11.1 Å². The van der Waals surface area contributed by atoms with Crippen LogP contribution in [0.4, 0.5) is 29.3 Å². The van der Waals surface area contributed by atoms with Gasteiger partial charge in [-0.1, -0.05) is 54.6 Å². The average molecular weight is 530 g/mol. The van der Waals surface area contributed by atoms with Crippen molar-refractivity contribution in [3.63, 3.8) is 0 Å². The number of carbonyl (C=O) groups excluding carboxylic acids is 2. The highest BCUT2D eigenvalue weighted by molar-refractivity contribution is 6.08. The van der Waals surface area contributed by atoms with Crippen LogP contribution in [0.5, 0.6) is 0 Å². The summed E-state index contributed by atoms with van der Waals surface area (Å²) in [4.78, 5) is 27.9. The van der Waals surface area contributed by atoms with Crippen molar-refractivity contribution >= 4 is 23.3 Å². The van der Waals surface area contributed by atoms with Crippen molar-refractivity contribution < 1.29 is 22.8 Å². The molecular formula is C31H26F3N3O2. The van der Waals surface area contributed by atoms with E-state index in [0.29, 0.717) is 35.3 Å². The number of urea groups is 1. The Hall–Kier alpha value is -4.59. The molecule has 1 aliphatic rings. The van der Waals surface area contributed by atoms with E-state index in [9.17, 15) is 22.8 Å². The van der Waals surface area contributed by atoms with Crippen LogP contribution in [-0.2, 0) is 12.6 Å². The Kier molecular flexibility index (Phi) is 7.11. The molecule has 2 N–H and O–H groups in total. The minimum absolute atomic E-state index is 0.150. The van der Waals surface area contributed by atoms with Gasteiger partial charge in [-0.2, -0.15) is 13.2 Å². The first-order valence-electron chi connectivity index (χ1n) is 12.5. The number of alkyl halides is 3. The predicted octanol–water partition coefficient (Wildman–Crippen LogP) is 7.78. The topological polar surface area (TPSA) is 61.4 Å². The number of carbonyl (C=O) groups is 2. The van der Waals surface area contributed by atoms with E-state index >= 15 is 0 Å². The van der Waals surface area contributed by atoms with Crippen LogP contribution < -0.4 is 10.6 Å². The summed E-state index contributed by atoms with van der Waals surface area (Å²) in [5.41, 5.74) is 4.05. The molecule has 0 saturated carbocycles. The van der Waals surface area contributed by atoms with E-state index in [0.717, 1.165) is 28.9 Å². The van der Waals surface area contributed by atoms with Crippen molar-refractivity contribution in [2.75, 3.05) is 17.2 Å². The summed E-state index contributed by atoms with van der Waals surface area (Å²) < 4.78 is 38.9. The van der Waals surface area contributed by atoms with Crippen LogP contribution in [0.1, 0.15) is 40.0 Å². The fraction of sp³-hybridized carbons (Fsp3) is 0.161. The van der Waals surface area contributed by atoms with E-state index < -0.39 is 11.7 Å². The molecule has 198 valence electrons. The van der Waals surface area contributed by atoms with Gasteiger partial charge in [0.2, 0.25) is 0 Å². The first-order valence-corrected chi connectivity index (χ1v) is 12.5. The average Bonchev–Trinajstić information content (AvgIpc) is 2.93. The summed E-state index contributed by atoms with van der Waals surface area (Å²) in [6, 6.07) is 26.2. The Morgan fingerprint density at radius 3 is 2.23 bits per heavy atom. The normalized spacial score (nSPS) is 14.9. The Labute approximate surface area is 224 Å². The molecule has 0 spiro atoms. The lowest BCUT2D eigenvalue weighted by Gasteiger charge is -2.35. The van der Waals surface area contributed by atoms with Gasteiger partial charge in [-0.3, -0.25) is 4.79 Å². The molecule has 0 radical (unpaired) electrons. The largest absolute Gasteiger partial charge is 0.416 e. The predicted molar refractivity (Wildman–Crippen MR) is 146 cm³/mol. The highest BCUT2D eigenvalue weighted by Crippen LogP contribution is 2.34. The molecule has 3 amide bonds. The van der Waals surface area contributed by atoms with Gasteiger partial charge in [0.05, 0.1) is 11.6 Å². The number of benzene rings is 4. The maximum Gasteiger partial charge on any atom is 0.416 e. The first kappa shape index (κ1) is 26.0. The lowest BCUT2D eigenvalue weighted by atomic mass is 9.93. The maximum absolute atomic E-state index is 13.2. The third-order valence-corrected chi connectivity index (χ3v) is 6.92. The van der Waals surface area contributed by atoms with Crippen molar-refractivity contribution in [1.29, 1.82) is 0 Å². The monoisotopic (exact) mass is 529 g/mol. The second-order valence-electron chi connectivity index (χ2n) is 9.40. The molecule has 1 atom stereocenters. The van der Waals surface area contributed by atoms with Gasteiger partial charge in [-0.25, -0.2) is 4.79 Å². The smallest absolute Gasteiger partial charge is 0.322 e. The number of amides is 3. The molecule has 1 heterocycles. The number of hydrogen-bond acceptors (Lipinski definition) is 2. The lowest BCUT2D eigenvalue weighted by Crippen LogP contribution is -2.41. The van der Waals surface area contributed by atoms with Gasteiger partial charge < -0.3 is 15.5 Å². The standard InChI is InChI=1S/C31H26F3N3O2/c1-20-26-16-15-25(19-22(26)17-18-37(20)30(39)36-24-7-3-2-4-8-24)35-29(38)28-10-6-5-9-27(28)21-11-13-23(14-12-21)31(32,33)34/h2-16,19-20H,17-18H2,1H3,(H,35,38)(H,36,39). The number of nitrogens with one attached hydrogen (secondary N) is 2. The summed E-state index contributed by atoms with van der Waals surface area (Å²) in [7, 11) is 0. The molecule has 8 heteroatoms. The van der Waals surface area contributed by atoms with Crippen molar-refractivity contribution in [3.8, 4) is 11.1 Å². The Bertz CT molecular complexity index is 1500. The number of nitrogens with zero attached hydrogens (tertiary/aromatic N) is 1. The Balaban J connectivity index is 1.31. The lowest BCUT2D eigenvalue weighted by molar-refractivity contribution is -0.137. The highest BCUT2D eigenvalue weighted by Gasteiger charge is 2.30. The van der Waals surface area contributed by atoms with E-state index in [1.54, 1.807) is 35.2 Å². The van der Waals surface area contributed by atoms with Crippen molar-refractivity contribution in [2.24, 2.45) is 0 Å². The van der Waals surface area contributed by atoms with Crippen LogP contribution in [0.15, 0.2) is 97.1 Å². The molecule has 39 heavy (non-hydrogen) atoms. The van der Waals surface area contributed by atoms with Gasteiger partial charge in [-0.05, 0) is 78.1 Å². The molecule has 4 aromatic carbocycles. The Morgan fingerprint density at radius 1 is 0.821 bits per heavy atom. The third-order valence-electron chi connectivity index (χ3n) is 6.92. The number of anilines is 2. The zero-order valence-electron chi connectivity index (χ0n) is 21.1. The molecule has 0 saturated heterocycles. The molecule has 4 aromatic rings. The second kappa shape index (κ2) is 10.6. The van der Waals surface area contributed by atoms with Crippen molar-refractivity contribution in [1.82, 2.24) is 4.90 Å². The molecule has 1 unspecified atom stereocenters. The molecule has 0 bridgehead atoms. The molecule has 1 aliphatic heterocycles. The van der Waals surface area contributed by atoms with Gasteiger partial charge in [0.25, 0.3) is 5.91 Å². The van der Waals surface area contributed by atoms with Crippen molar-refractivity contribution in [3.05, 3.63) is 119 Å². The zero-order chi connectivity index (χ0) is 27.6. The van der Waals surface area contributed by atoms with Crippen LogP contribution in [0.2, 0.25) is 0 Å². The summed E-state index contributed by atoms with van der Waals surface area (Å²) >= 11 is 0. The number of para-hydroxylation sites is 1. The maximum atomic E-state index is 13.2. The summed E-state index contributed by atoms with van der Waals surface area (Å²) in [5.74, 6) is -0.363. The quantitative estimate of drug-likeness (QED) is 0.284. The number of fused-ring (bicyclic) bond motifs is 1. The SMILES string of the molecule is CC1c2ccc(NC(=O)c3ccccc3-c3ccc(C(F)(F)F)cc3)cc2CCN1C(=O)Nc1ccccc1. The van der Waals surface area contributed by atoms with E-state index in [-0.39, 0.29) is 18.0 Å². The zero-order valence-corrected chi connectivity index (χ0v) is 21.1. The fourth-order valence-corrected chi connectivity index (χ4v) is 4.87. The van der Waals surface area contributed by atoms with E-state index in [4.69, 9.17) is 0 Å². The van der Waals surface area contributed by atoms with Crippen molar-refractivity contribution in [2.45, 2.75) is 25.6 Å². The van der Waals surface area contributed by atoms with Crippen LogP contribution in [-0.4, -0.2) is 23.4 Å². The van der Waals surface area contributed by atoms with Gasteiger partial charge in [0, 0.05) is 23.5 Å². The number of rotatable bonds is 4. The van der Waals surface area contributed by atoms with E-state index in [2.05, 4.69) is 10.6 Å². The number of halogens is 3. The summed E-state index contributed by atoms with van der Waals surface area (Å²) in [6.07, 6.45) is -3.80. The van der Waals surface area contributed by atoms with Crippen LogP contribution in [0.3, 0.4) is 0 Å². The first-order chi connectivity index (χ1) is 18.7. The molecule has 0 aromatic heterocycles. The molecule has 0 aliphatic carbocycles. The van der Waals surface area contributed by atoms with E-state index in [1.165, 1.54) is 12.1 Å². The van der Waals surface area contributed by atoms with Crippen LogP contribution >= 0.6 is 0 Å². The van der Waals surface area contributed by atoms with E-state index in [1.807, 2.05) is 49.4 Å². The minimum Gasteiger partial charge on any atom is -0.322 e. The fourth-order valence-electron chi connectivity index (χ4n) is 4.87. The van der Waals surface area contributed by atoms with Gasteiger partial charge in [-0.15, -0.1) is 0 Å². The summed E-state index contributed by atoms with van der Waals surface area (Å²) in [5, 5.41) is 5.86. The molecule has 0 fully saturated rings. The minimum atomic E-state index is -4.43. The van der Waals surface area contributed by atoms with Crippen LogP contribution in [0, 0.1) is 0 Å². The highest BCUT2D eigenvalue weighted by atomic mass is 19.4. The molecular weight excluding hydrogens is 503 g/mol. The Morgan fingerprint density at radius 2 is 1.51 bits per heavy atom. The van der Waals surface area contributed by atoms with Gasteiger partial charge >= 0.3 is 12.2 Å². The summed E-state index contributed by atoms with van der Waals surface area (Å²) in [6.45, 7) is 2.50. The van der Waals surface area contributed by atoms with Gasteiger partial charge in [0.1, 0.15) is 0 Å². The number of hydrogen-bond donors (Lipinski definition) is 2.